The number of hydrogen-bond donors (Lipinski definition) is 1. The topological polar surface area (TPSA) is 85.7 Å². The first-order valence-electron chi connectivity index (χ1n) is 4.15. The Labute approximate surface area is 88.5 Å². The lowest BCUT2D eigenvalue weighted by atomic mass is 10.3. The highest BCUT2D eigenvalue weighted by Gasteiger charge is 2.26. The number of hydrogen-bond acceptors (Lipinski definition) is 6. The van der Waals surface area contributed by atoms with Crippen LogP contribution in [0, 0.1) is 0 Å². The number of aromatic nitrogens is 1. The van der Waals surface area contributed by atoms with Gasteiger partial charge in [0.25, 0.3) is 0 Å². The Balaban J connectivity index is 2.35. The third kappa shape index (κ3) is 1.89. The molecule has 0 saturated carbocycles. The van der Waals surface area contributed by atoms with E-state index in [1.807, 2.05) is 0 Å². The van der Waals surface area contributed by atoms with Gasteiger partial charge in [0.15, 0.2) is 6.29 Å². The summed E-state index contributed by atoms with van der Waals surface area (Å²) in [5.74, 6) is -1.16. The molecule has 1 aliphatic rings. The number of carbonyl (C=O) groups excluding carboxylic acids is 1. The molecule has 6 nitrogen and oxygen atoms in total. The fourth-order valence-corrected chi connectivity index (χ4v) is 1.94. The van der Waals surface area contributed by atoms with E-state index < -0.39 is 12.3 Å². The lowest BCUT2D eigenvalue weighted by Gasteiger charge is -2.05. The van der Waals surface area contributed by atoms with Gasteiger partial charge < -0.3 is 14.6 Å². The number of carbonyl (C=O) groups is 2. The number of carboxylic acids is 1. The van der Waals surface area contributed by atoms with Crippen LogP contribution in [0.2, 0.25) is 0 Å². The maximum absolute atomic E-state index is 10.7. The first-order valence-corrected chi connectivity index (χ1v) is 4.96. The normalized spacial score (nSPS) is 16.8. The molecule has 2 rings (SSSR count). The van der Waals surface area contributed by atoms with E-state index in [-0.39, 0.29) is 15.6 Å². The van der Waals surface area contributed by atoms with E-state index in [4.69, 9.17) is 14.6 Å². The summed E-state index contributed by atoms with van der Waals surface area (Å²) in [7, 11) is 0. The molecule has 0 bridgehead atoms. The minimum Gasteiger partial charge on any atom is -0.476 e. The van der Waals surface area contributed by atoms with Gasteiger partial charge in [0, 0.05) is 0 Å². The summed E-state index contributed by atoms with van der Waals surface area (Å²) in [5, 5.41) is 8.58. The zero-order valence-corrected chi connectivity index (χ0v) is 8.32. The quantitative estimate of drug-likeness (QED) is 0.768. The average Bonchev–Trinajstić information content (AvgIpc) is 2.86. The number of nitrogens with zero attached hydrogens (tertiary/aromatic N) is 1. The highest BCUT2D eigenvalue weighted by molar-refractivity contribution is 7.15. The second-order valence-electron chi connectivity index (χ2n) is 2.77. The summed E-state index contributed by atoms with van der Waals surface area (Å²) in [6, 6.07) is 0. The Morgan fingerprint density at radius 2 is 2.20 bits per heavy atom. The van der Waals surface area contributed by atoms with Crippen molar-refractivity contribution in [3.63, 3.8) is 0 Å². The molecule has 1 aromatic heterocycles. The SMILES string of the molecule is O=Cc1sc(C(=O)O)nc1C1OCCO1. The fourth-order valence-electron chi connectivity index (χ4n) is 1.20. The summed E-state index contributed by atoms with van der Waals surface area (Å²) in [5.41, 5.74) is 0.255. The van der Waals surface area contributed by atoms with Crippen molar-refractivity contribution >= 4 is 23.6 Å². The van der Waals surface area contributed by atoms with Crippen LogP contribution in [0.25, 0.3) is 0 Å². The van der Waals surface area contributed by atoms with Crippen molar-refractivity contribution < 1.29 is 24.2 Å². The van der Waals surface area contributed by atoms with Crippen LogP contribution in [0.1, 0.15) is 31.5 Å². The number of carboxylic acid groups (broad SMARTS) is 1. The smallest absolute Gasteiger partial charge is 0.365 e. The minimum absolute atomic E-state index is 0.133. The van der Waals surface area contributed by atoms with Gasteiger partial charge in [-0.15, -0.1) is 11.3 Å². The van der Waals surface area contributed by atoms with E-state index in [2.05, 4.69) is 4.98 Å². The molecule has 1 N–H and O–H groups in total. The zero-order chi connectivity index (χ0) is 10.8. The van der Waals surface area contributed by atoms with Crippen LogP contribution >= 0.6 is 11.3 Å². The molecule has 0 aromatic carbocycles. The molecule has 1 fully saturated rings. The molecule has 15 heavy (non-hydrogen) atoms. The van der Waals surface area contributed by atoms with Crippen molar-refractivity contribution in [2.45, 2.75) is 6.29 Å². The number of aromatic carboxylic acids is 1. The highest BCUT2D eigenvalue weighted by atomic mass is 32.1. The number of thiazole rings is 1. The van der Waals surface area contributed by atoms with E-state index >= 15 is 0 Å². The summed E-state index contributed by atoms with van der Waals surface area (Å²) < 4.78 is 10.3. The van der Waals surface area contributed by atoms with Crippen LogP contribution < -0.4 is 0 Å². The van der Waals surface area contributed by atoms with E-state index in [0.717, 1.165) is 11.3 Å². The van der Waals surface area contributed by atoms with Gasteiger partial charge in [-0.05, 0) is 0 Å². The van der Waals surface area contributed by atoms with Crippen molar-refractivity contribution in [1.29, 1.82) is 0 Å². The van der Waals surface area contributed by atoms with Crippen molar-refractivity contribution in [3.05, 3.63) is 15.6 Å². The molecule has 2 heterocycles. The second kappa shape index (κ2) is 4.05. The van der Waals surface area contributed by atoms with Crippen molar-refractivity contribution in [3.8, 4) is 0 Å². The van der Waals surface area contributed by atoms with Gasteiger partial charge in [-0.1, -0.05) is 0 Å². The van der Waals surface area contributed by atoms with Crippen LogP contribution in [0.4, 0.5) is 0 Å². The molecule has 1 aliphatic heterocycles. The molecule has 1 saturated heterocycles. The van der Waals surface area contributed by atoms with E-state index in [1.54, 1.807) is 0 Å². The van der Waals surface area contributed by atoms with E-state index in [1.165, 1.54) is 0 Å². The Morgan fingerprint density at radius 1 is 1.53 bits per heavy atom. The Hall–Kier alpha value is -1.31. The van der Waals surface area contributed by atoms with Crippen molar-refractivity contribution in [2.75, 3.05) is 13.2 Å². The van der Waals surface area contributed by atoms with Crippen molar-refractivity contribution in [2.24, 2.45) is 0 Å². The van der Waals surface area contributed by atoms with Gasteiger partial charge in [-0.3, -0.25) is 4.79 Å². The number of aldehydes is 1. The van der Waals surface area contributed by atoms with Gasteiger partial charge in [0.1, 0.15) is 5.69 Å². The largest absolute Gasteiger partial charge is 0.476 e. The van der Waals surface area contributed by atoms with Gasteiger partial charge >= 0.3 is 5.97 Å². The average molecular weight is 229 g/mol. The molecule has 80 valence electrons. The standard InChI is InChI=1S/C8H7NO5S/c10-3-4-5(8-13-1-2-14-8)9-6(15-4)7(11)12/h3,8H,1-2H2,(H,11,12). The third-order valence-electron chi connectivity index (χ3n) is 1.82. The van der Waals surface area contributed by atoms with Gasteiger partial charge in [-0.25, -0.2) is 9.78 Å². The molecule has 0 aliphatic carbocycles. The molecule has 1 aromatic rings. The molecule has 0 amide bonds. The van der Waals surface area contributed by atoms with Crippen LogP contribution in [-0.2, 0) is 9.47 Å². The maximum atomic E-state index is 10.7. The highest BCUT2D eigenvalue weighted by Crippen LogP contribution is 2.28. The Bertz CT molecular complexity index is 396. The van der Waals surface area contributed by atoms with Crippen molar-refractivity contribution in [1.82, 2.24) is 4.98 Å². The predicted octanol–water partition coefficient (Wildman–Crippen LogP) is 0.699. The third-order valence-corrected chi connectivity index (χ3v) is 2.80. The fraction of sp³-hybridized carbons (Fsp3) is 0.375. The zero-order valence-electron chi connectivity index (χ0n) is 7.50. The number of rotatable bonds is 3. The van der Waals surface area contributed by atoms with Crippen LogP contribution in [0.3, 0.4) is 0 Å². The second-order valence-corrected chi connectivity index (χ2v) is 3.80. The van der Waals surface area contributed by atoms with Gasteiger partial charge in [0.2, 0.25) is 11.3 Å². The van der Waals surface area contributed by atoms with Crippen LogP contribution in [0.15, 0.2) is 0 Å². The summed E-state index contributed by atoms with van der Waals surface area (Å²) in [6.45, 7) is 0.839. The van der Waals surface area contributed by atoms with Gasteiger partial charge in [-0.2, -0.15) is 0 Å². The van der Waals surface area contributed by atoms with Gasteiger partial charge in [0.05, 0.1) is 18.1 Å². The molecule has 0 unspecified atom stereocenters. The van der Waals surface area contributed by atoms with Crippen LogP contribution in [-0.4, -0.2) is 35.6 Å². The Morgan fingerprint density at radius 3 is 2.73 bits per heavy atom. The molecule has 0 atom stereocenters. The summed E-state index contributed by atoms with van der Waals surface area (Å²) in [6.07, 6.45) is -0.153. The summed E-state index contributed by atoms with van der Waals surface area (Å²) >= 11 is 0.816. The van der Waals surface area contributed by atoms with E-state index in [9.17, 15) is 9.59 Å². The molecular weight excluding hydrogens is 222 g/mol. The monoisotopic (exact) mass is 229 g/mol. The number of ether oxygens (including phenoxy) is 2. The molecular formula is C8H7NO5S. The molecule has 0 spiro atoms. The summed E-state index contributed by atoms with van der Waals surface area (Å²) in [4.78, 5) is 25.4. The first-order chi connectivity index (χ1) is 7.22. The minimum atomic E-state index is -1.16. The lowest BCUT2D eigenvalue weighted by Crippen LogP contribution is -2.03. The Kier molecular flexibility index (Phi) is 2.76. The van der Waals surface area contributed by atoms with E-state index in [0.29, 0.717) is 19.5 Å². The maximum Gasteiger partial charge on any atom is 0.365 e. The lowest BCUT2D eigenvalue weighted by molar-refractivity contribution is -0.0472. The molecule has 7 heteroatoms. The predicted molar refractivity (Wildman–Crippen MR) is 49.1 cm³/mol. The van der Waals surface area contributed by atoms with Crippen LogP contribution in [0.5, 0.6) is 0 Å². The first kappa shape index (κ1) is 10.2. The molecule has 0 radical (unpaired) electrons.